The quantitative estimate of drug-likeness (QED) is 0.586. The number of para-hydroxylation sites is 1. The molecule has 2 N–H and O–H groups in total. The van der Waals surface area contributed by atoms with Crippen molar-refractivity contribution in [1.29, 1.82) is 0 Å². The molecular formula is C19H16FN5O2. The standard InChI is InChI=1S/C19H16FN5O2/c1-24-16-5-3-2-4-14(16)15-10-22-25(18(26)17(15)24)11-21-19(27)23-13-8-6-12(20)7-9-13/h2-10H,11H2,1H3,(H2,21,23,27). The Morgan fingerprint density at radius 1 is 1.11 bits per heavy atom. The van der Waals surface area contributed by atoms with Gasteiger partial charge in [0.1, 0.15) is 18.0 Å². The molecular weight excluding hydrogens is 349 g/mol. The van der Waals surface area contributed by atoms with E-state index in [0.717, 1.165) is 16.3 Å². The van der Waals surface area contributed by atoms with Gasteiger partial charge in [0, 0.05) is 29.0 Å². The van der Waals surface area contributed by atoms with Crippen LogP contribution in [0.5, 0.6) is 0 Å². The van der Waals surface area contributed by atoms with Gasteiger partial charge in [0.25, 0.3) is 5.56 Å². The summed E-state index contributed by atoms with van der Waals surface area (Å²) in [6.45, 7) is -0.0939. The summed E-state index contributed by atoms with van der Waals surface area (Å²) in [5.41, 5.74) is 1.60. The van der Waals surface area contributed by atoms with E-state index < -0.39 is 6.03 Å². The first kappa shape index (κ1) is 16.8. The molecule has 2 aromatic heterocycles. The molecule has 0 saturated carbocycles. The van der Waals surface area contributed by atoms with Gasteiger partial charge in [-0.2, -0.15) is 5.10 Å². The third-order valence-corrected chi connectivity index (χ3v) is 4.40. The molecule has 0 aliphatic carbocycles. The molecule has 27 heavy (non-hydrogen) atoms. The predicted octanol–water partition coefficient (Wildman–Crippen LogP) is 2.81. The Bertz CT molecular complexity index is 1210. The number of hydrogen-bond acceptors (Lipinski definition) is 3. The lowest BCUT2D eigenvalue weighted by molar-refractivity contribution is 0.248. The number of rotatable bonds is 3. The van der Waals surface area contributed by atoms with Crippen LogP contribution in [0.1, 0.15) is 0 Å². The fourth-order valence-electron chi connectivity index (χ4n) is 3.08. The number of halogens is 1. The van der Waals surface area contributed by atoms with Gasteiger partial charge >= 0.3 is 6.03 Å². The van der Waals surface area contributed by atoms with Crippen LogP contribution in [0.4, 0.5) is 14.9 Å². The topological polar surface area (TPSA) is 81.0 Å². The number of aryl methyl sites for hydroxylation is 1. The van der Waals surface area contributed by atoms with Crippen LogP contribution in [0.25, 0.3) is 21.8 Å². The number of nitrogens with zero attached hydrogens (tertiary/aromatic N) is 3. The van der Waals surface area contributed by atoms with Crippen LogP contribution in [-0.2, 0) is 13.7 Å². The van der Waals surface area contributed by atoms with Gasteiger partial charge in [-0.25, -0.2) is 13.9 Å². The maximum Gasteiger partial charge on any atom is 0.320 e. The molecule has 0 unspecified atom stereocenters. The first-order valence-electron chi connectivity index (χ1n) is 8.28. The Balaban J connectivity index is 1.57. The zero-order valence-corrected chi connectivity index (χ0v) is 14.4. The van der Waals surface area contributed by atoms with Gasteiger partial charge in [-0.05, 0) is 30.3 Å². The van der Waals surface area contributed by atoms with Gasteiger partial charge in [-0.15, -0.1) is 0 Å². The fourth-order valence-corrected chi connectivity index (χ4v) is 3.08. The van der Waals surface area contributed by atoms with Crippen molar-refractivity contribution >= 4 is 33.5 Å². The number of anilines is 1. The monoisotopic (exact) mass is 365 g/mol. The minimum absolute atomic E-state index is 0.0939. The number of benzene rings is 2. The van der Waals surface area contributed by atoms with Crippen LogP contribution in [-0.4, -0.2) is 20.4 Å². The molecule has 4 rings (SSSR count). The maximum absolute atomic E-state index is 12.9. The highest BCUT2D eigenvalue weighted by molar-refractivity contribution is 6.07. The number of carbonyl (C=O) groups is 1. The van der Waals surface area contributed by atoms with Crippen molar-refractivity contribution in [1.82, 2.24) is 19.7 Å². The second-order valence-corrected chi connectivity index (χ2v) is 6.08. The molecule has 0 saturated heterocycles. The van der Waals surface area contributed by atoms with Gasteiger partial charge in [-0.1, -0.05) is 18.2 Å². The van der Waals surface area contributed by atoms with Crippen LogP contribution in [0.2, 0.25) is 0 Å². The Kier molecular flexibility index (Phi) is 4.08. The first-order chi connectivity index (χ1) is 13.0. The average Bonchev–Trinajstić information content (AvgIpc) is 2.96. The molecule has 2 heterocycles. The molecule has 4 aromatic rings. The van der Waals surface area contributed by atoms with Crippen LogP contribution >= 0.6 is 0 Å². The molecule has 7 nitrogen and oxygen atoms in total. The SMILES string of the molecule is Cn1c2ccccc2c2cnn(CNC(=O)Nc3ccc(F)cc3)c(=O)c21. The van der Waals surface area contributed by atoms with Crippen molar-refractivity contribution in [2.75, 3.05) is 5.32 Å². The van der Waals surface area contributed by atoms with E-state index in [1.165, 1.54) is 28.9 Å². The van der Waals surface area contributed by atoms with E-state index in [1.54, 1.807) is 6.20 Å². The number of urea groups is 1. The van der Waals surface area contributed by atoms with Gasteiger partial charge in [-0.3, -0.25) is 4.79 Å². The highest BCUT2D eigenvalue weighted by Crippen LogP contribution is 2.24. The van der Waals surface area contributed by atoms with Crippen molar-refractivity contribution < 1.29 is 9.18 Å². The number of hydrogen-bond donors (Lipinski definition) is 2. The second-order valence-electron chi connectivity index (χ2n) is 6.08. The summed E-state index contributed by atoms with van der Waals surface area (Å²) in [7, 11) is 1.82. The predicted molar refractivity (Wildman–Crippen MR) is 101 cm³/mol. The van der Waals surface area contributed by atoms with E-state index in [2.05, 4.69) is 15.7 Å². The Morgan fingerprint density at radius 3 is 2.63 bits per heavy atom. The highest BCUT2D eigenvalue weighted by atomic mass is 19.1. The Hall–Kier alpha value is -3.68. The van der Waals surface area contributed by atoms with Gasteiger partial charge < -0.3 is 15.2 Å². The van der Waals surface area contributed by atoms with Crippen LogP contribution < -0.4 is 16.2 Å². The summed E-state index contributed by atoms with van der Waals surface area (Å²) in [5, 5.41) is 11.0. The summed E-state index contributed by atoms with van der Waals surface area (Å²) in [6, 6.07) is 12.6. The van der Waals surface area contributed by atoms with E-state index in [4.69, 9.17) is 0 Å². The van der Waals surface area contributed by atoms with Crippen molar-refractivity contribution in [3.8, 4) is 0 Å². The molecule has 0 radical (unpaired) electrons. The summed E-state index contributed by atoms with van der Waals surface area (Å²) < 4.78 is 15.9. The molecule has 2 amide bonds. The molecule has 0 bridgehead atoms. The Morgan fingerprint density at radius 2 is 1.85 bits per heavy atom. The van der Waals surface area contributed by atoms with Crippen molar-refractivity contribution in [2.45, 2.75) is 6.67 Å². The average molecular weight is 365 g/mol. The zero-order chi connectivity index (χ0) is 19.0. The first-order valence-corrected chi connectivity index (χ1v) is 8.28. The van der Waals surface area contributed by atoms with Crippen molar-refractivity contribution in [3.05, 3.63) is 70.9 Å². The smallest absolute Gasteiger partial charge is 0.320 e. The maximum atomic E-state index is 12.9. The summed E-state index contributed by atoms with van der Waals surface area (Å²) in [4.78, 5) is 24.8. The number of carbonyl (C=O) groups excluding carboxylic acids is 1. The van der Waals surface area contributed by atoms with E-state index >= 15 is 0 Å². The van der Waals surface area contributed by atoms with Crippen LogP contribution in [0, 0.1) is 5.82 Å². The number of aromatic nitrogens is 3. The van der Waals surface area contributed by atoms with Crippen LogP contribution in [0.3, 0.4) is 0 Å². The summed E-state index contributed by atoms with van der Waals surface area (Å²) in [5.74, 6) is -0.389. The zero-order valence-electron chi connectivity index (χ0n) is 14.4. The lowest BCUT2D eigenvalue weighted by atomic mass is 10.2. The largest absolute Gasteiger partial charge is 0.339 e. The van der Waals surface area contributed by atoms with Crippen molar-refractivity contribution in [2.24, 2.45) is 7.05 Å². The third-order valence-electron chi connectivity index (χ3n) is 4.40. The van der Waals surface area contributed by atoms with Gasteiger partial charge in [0.15, 0.2) is 0 Å². The molecule has 2 aromatic carbocycles. The summed E-state index contributed by atoms with van der Waals surface area (Å²) in [6.07, 6.45) is 1.62. The van der Waals surface area contributed by atoms with E-state index in [1.807, 2.05) is 35.9 Å². The second kappa shape index (κ2) is 6.56. The Labute approximate surface area is 153 Å². The van der Waals surface area contributed by atoms with E-state index in [0.29, 0.717) is 11.2 Å². The number of fused-ring (bicyclic) bond motifs is 3. The molecule has 0 atom stereocenters. The normalized spacial score (nSPS) is 11.0. The highest BCUT2D eigenvalue weighted by Gasteiger charge is 2.13. The van der Waals surface area contributed by atoms with Crippen molar-refractivity contribution in [3.63, 3.8) is 0 Å². The molecule has 136 valence electrons. The molecule has 0 fully saturated rings. The summed E-state index contributed by atoms with van der Waals surface area (Å²) >= 11 is 0. The number of amides is 2. The van der Waals surface area contributed by atoms with Gasteiger partial charge in [0.2, 0.25) is 0 Å². The minimum atomic E-state index is -0.521. The van der Waals surface area contributed by atoms with E-state index in [-0.39, 0.29) is 18.0 Å². The molecule has 0 aliphatic heterocycles. The van der Waals surface area contributed by atoms with E-state index in [9.17, 15) is 14.0 Å². The molecule has 0 spiro atoms. The minimum Gasteiger partial charge on any atom is -0.339 e. The van der Waals surface area contributed by atoms with Gasteiger partial charge in [0.05, 0.1) is 6.20 Å². The lowest BCUT2D eigenvalue weighted by Crippen LogP contribution is -2.36. The molecule has 0 aliphatic rings. The fraction of sp³-hybridized carbons (Fsp3) is 0.105. The third kappa shape index (κ3) is 3.01. The molecule has 8 heteroatoms. The van der Waals surface area contributed by atoms with Crippen LogP contribution in [0.15, 0.2) is 59.5 Å². The number of nitrogens with one attached hydrogen (secondary N) is 2. The lowest BCUT2D eigenvalue weighted by Gasteiger charge is -2.09.